The summed E-state index contributed by atoms with van der Waals surface area (Å²) < 4.78 is 10.4. The predicted octanol–water partition coefficient (Wildman–Crippen LogP) is 4.66. The van der Waals surface area contributed by atoms with Crippen LogP contribution < -0.4 is 14.8 Å². The van der Waals surface area contributed by atoms with Crippen molar-refractivity contribution in [2.24, 2.45) is 0 Å². The highest BCUT2D eigenvalue weighted by molar-refractivity contribution is 7.99. The Morgan fingerprint density at radius 1 is 0.939 bits per heavy atom. The molecule has 2 aromatic rings. The molecule has 33 heavy (non-hydrogen) atoms. The summed E-state index contributed by atoms with van der Waals surface area (Å²) in [7, 11) is 3.26. The average Bonchev–Trinajstić information content (AvgIpc) is 2.84. The van der Waals surface area contributed by atoms with Gasteiger partial charge in [-0.15, -0.1) is 11.8 Å². The van der Waals surface area contributed by atoms with E-state index in [-0.39, 0.29) is 11.8 Å². The Morgan fingerprint density at radius 3 is 2.03 bits per heavy atom. The lowest BCUT2D eigenvalue weighted by Crippen LogP contribution is -2.49. The Morgan fingerprint density at radius 2 is 1.52 bits per heavy atom. The minimum Gasteiger partial charge on any atom is -0.497 e. The van der Waals surface area contributed by atoms with E-state index in [4.69, 9.17) is 9.47 Å². The molecule has 0 bridgehead atoms. The maximum absolute atomic E-state index is 13.3. The molecule has 0 radical (unpaired) electrons. The molecule has 0 aliphatic heterocycles. The summed E-state index contributed by atoms with van der Waals surface area (Å²) in [6.45, 7) is 5.04. The second-order valence-corrected chi connectivity index (χ2v) is 8.76. The van der Waals surface area contributed by atoms with E-state index in [1.54, 1.807) is 30.9 Å². The first-order valence-corrected chi connectivity index (χ1v) is 12.6. The number of methoxy groups -OCH3 is 2. The molecule has 0 aliphatic rings. The smallest absolute Gasteiger partial charge is 0.242 e. The summed E-state index contributed by atoms with van der Waals surface area (Å²) in [6.07, 6.45) is 2.49. The van der Waals surface area contributed by atoms with Crippen LogP contribution in [0.3, 0.4) is 0 Å². The van der Waals surface area contributed by atoms with Crippen LogP contribution in [0.25, 0.3) is 0 Å². The van der Waals surface area contributed by atoms with Crippen molar-refractivity contribution in [3.05, 3.63) is 59.7 Å². The number of rotatable bonds is 14. The molecule has 7 heteroatoms. The quantitative estimate of drug-likeness (QED) is 0.405. The Kier molecular flexibility index (Phi) is 11.7. The summed E-state index contributed by atoms with van der Waals surface area (Å²) in [5.41, 5.74) is 2.09. The minimum atomic E-state index is -0.502. The van der Waals surface area contributed by atoms with Crippen LogP contribution in [0.2, 0.25) is 0 Å². The Bertz CT molecular complexity index is 856. The third kappa shape index (κ3) is 8.65. The van der Waals surface area contributed by atoms with E-state index < -0.39 is 6.04 Å². The molecular weight excluding hydrogens is 436 g/mol. The van der Waals surface area contributed by atoms with Gasteiger partial charge < -0.3 is 19.7 Å². The normalized spacial score (nSPS) is 11.5. The highest BCUT2D eigenvalue weighted by Crippen LogP contribution is 2.20. The number of nitrogens with one attached hydrogen (secondary N) is 1. The number of thioether (sulfide) groups is 1. The summed E-state index contributed by atoms with van der Waals surface area (Å²) in [5, 5.41) is 3.00. The lowest BCUT2D eigenvalue weighted by Gasteiger charge is -2.30. The molecule has 1 unspecified atom stereocenters. The minimum absolute atomic E-state index is 0.0400. The molecule has 2 aromatic carbocycles. The summed E-state index contributed by atoms with van der Waals surface area (Å²) >= 11 is 1.55. The van der Waals surface area contributed by atoms with Crippen molar-refractivity contribution in [3.8, 4) is 11.5 Å². The van der Waals surface area contributed by atoms with Crippen molar-refractivity contribution in [2.45, 2.75) is 51.4 Å². The molecule has 1 atom stereocenters. The van der Waals surface area contributed by atoms with Crippen LogP contribution in [0.15, 0.2) is 48.5 Å². The van der Waals surface area contributed by atoms with Crippen molar-refractivity contribution in [1.29, 1.82) is 0 Å². The lowest BCUT2D eigenvalue weighted by molar-refractivity contribution is -0.139. The maximum Gasteiger partial charge on any atom is 0.242 e. The largest absolute Gasteiger partial charge is 0.497 e. The summed E-state index contributed by atoms with van der Waals surface area (Å²) in [5.74, 6) is 2.46. The molecule has 2 amide bonds. The van der Waals surface area contributed by atoms with Gasteiger partial charge in [0.2, 0.25) is 11.8 Å². The second kappa shape index (κ2) is 14.5. The molecule has 0 saturated heterocycles. The number of hydrogen-bond donors (Lipinski definition) is 1. The number of unbranched alkanes of at least 4 members (excludes halogenated alkanes) is 1. The van der Waals surface area contributed by atoms with E-state index in [9.17, 15) is 9.59 Å². The number of carbonyl (C=O) groups is 2. The van der Waals surface area contributed by atoms with Gasteiger partial charge in [0.25, 0.3) is 0 Å². The highest BCUT2D eigenvalue weighted by atomic mass is 32.2. The van der Waals surface area contributed by atoms with Crippen LogP contribution in [-0.2, 0) is 21.9 Å². The summed E-state index contributed by atoms with van der Waals surface area (Å²) in [6, 6.07) is 15.0. The van der Waals surface area contributed by atoms with Crippen molar-refractivity contribution in [3.63, 3.8) is 0 Å². The first-order chi connectivity index (χ1) is 16.0. The number of benzene rings is 2. The van der Waals surface area contributed by atoms with Crippen LogP contribution >= 0.6 is 11.8 Å². The van der Waals surface area contributed by atoms with Gasteiger partial charge in [-0.3, -0.25) is 9.59 Å². The second-order valence-electron chi connectivity index (χ2n) is 7.78. The van der Waals surface area contributed by atoms with Crippen LogP contribution in [0.5, 0.6) is 11.5 Å². The van der Waals surface area contributed by atoms with Gasteiger partial charge in [0.1, 0.15) is 17.5 Å². The average molecular weight is 473 g/mol. The van der Waals surface area contributed by atoms with E-state index in [1.807, 2.05) is 55.5 Å². The molecule has 0 saturated carbocycles. The first-order valence-electron chi connectivity index (χ1n) is 11.4. The van der Waals surface area contributed by atoms with Gasteiger partial charge in [-0.05, 0) is 48.2 Å². The van der Waals surface area contributed by atoms with Gasteiger partial charge in [0.05, 0.1) is 20.0 Å². The monoisotopic (exact) mass is 472 g/mol. The standard InChI is InChI=1S/C26H36N2O4S/c1-5-7-16-27-26(30)24(6-2)28(17-20-8-12-22(31-3)13-9-20)25(29)19-33-18-21-10-14-23(32-4)15-11-21/h8-15,24H,5-7,16-19H2,1-4H3,(H,27,30). The number of hydrogen-bond acceptors (Lipinski definition) is 5. The third-order valence-corrected chi connectivity index (χ3v) is 6.37. The fraction of sp³-hybridized carbons (Fsp3) is 0.462. The molecule has 0 fully saturated rings. The lowest BCUT2D eigenvalue weighted by atomic mass is 10.1. The van der Waals surface area contributed by atoms with E-state index in [0.717, 1.165) is 35.5 Å². The zero-order chi connectivity index (χ0) is 24.1. The molecule has 2 rings (SSSR count). The number of ether oxygens (including phenoxy) is 2. The van der Waals surface area contributed by atoms with Gasteiger partial charge in [-0.2, -0.15) is 0 Å². The SMILES string of the molecule is CCCCNC(=O)C(CC)N(Cc1ccc(OC)cc1)C(=O)CSCc1ccc(OC)cc1. The van der Waals surface area contributed by atoms with Crippen LogP contribution in [0.1, 0.15) is 44.2 Å². The van der Waals surface area contributed by atoms with Crippen LogP contribution in [-0.4, -0.2) is 49.3 Å². The molecule has 180 valence electrons. The van der Waals surface area contributed by atoms with Crippen molar-refractivity contribution in [2.75, 3.05) is 26.5 Å². The molecular formula is C26H36N2O4S. The first kappa shape index (κ1) is 26.6. The zero-order valence-corrected chi connectivity index (χ0v) is 21.0. The fourth-order valence-electron chi connectivity index (χ4n) is 3.41. The van der Waals surface area contributed by atoms with Gasteiger partial charge >= 0.3 is 0 Å². The van der Waals surface area contributed by atoms with E-state index in [1.165, 1.54) is 0 Å². The zero-order valence-electron chi connectivity index (χ0n) is 20.1. The van der Waals surface area contributed by atoms with Crippen LogP contribution in [0, 0.1) is 0 Å². The molecule has 0 aliphatic carbocycles. The van der Waals surface area contributed by atoms with Gasteiger partial charge in [-0.25, -0.2) is 0 Å². The van der Waals surface area contributed by atoms with Crippen molar-refractivity contribution < 1.29 is 19.1 Å². The van der Waals surface area contributed by atoms with Gasteiger partial charge in [-0.1, -0.05) is 44.5 Å². The topological polar surface area (TPSA) is 67.9 Å². The number of amides is 2. The fourth-order valence-corrected chi connectivity index (χ4v) is 4.28. The Hall–Kier alpha value is -2.67. The molecule has 1 N–H and O–H groups in total. The van der Waals surface area contributed by atoms with E-state index in [2.05, 4.69) is 12.2 Å². The molecule has 0 spiro atoms. The maximum atomic E-state index is 13.3. The summed E-state index contributed by atoms with van der Waals surface area (Å²) in [4.78, 5) is 27.9. The number of carbonyl (C=O) groups excluding carboxylic acids is 2. The number of nitrogens with zero attached hydrogens (tertiary/aromatic N) is 1. The van der Waals surface area contributed by atoms with Crippen LogP contribution in [0.4, 0.5) is 0 Å². The molecule has 6 nitrogen and oxygen atoms in total. The van der Waals surface area contributed by atoms with Crippen molar-refractivity contribution in [1.82, 2.24) is 10.2 Å². The van der Waals surface area contributed by atoms with Gasteiger partial charge in [0, 0.05) is 18.8 Å². The third-order valence-electron chi connectivity index (χ3n) is 5.38. The molecule has 0 aromatic heterocycles. The van der Waals surface area contributed by atoms with E-state index in [0.29, 0.717) is 31.0 Å². The van der Waals surface area contributed by atoms with E-state index >= 15 is 0 Å². The van der Waals surface area contributed by atoms with Crippen molar-refractivity contribution >= 4 is 23.6 Å². The molecule has 0 heterocycles. The predicted molar refractivity (Wildman–Crippen MR) is 135 cm³/mol. The highest BCUT2D eigenvalue weighted by Gasteiger charge is 2.28. The van der Waals surface area contributed by atoms with Gasteiger partial charge in [0.15, 0.2) is 0 Å². The Balaban J connectivity index is 2.08. The Labute approximate surface area is 202 Å².